The molecule has 0 aliphatic heterocycles. The van der Waals surface area contributed by atoms with Crippen LogP contribution in [0.15, 0.2) is 18.2 Å². The topological polar surface area (TPSA) is 29.5 Å². The fraction of sp³-hybridized carbons (Fsp3) is 0.647. The Balaban J connectivity index is 2.29. The lowest BCUT2D eigenvalue weighted by atomic mass is 9.99. The van der Waals surface area contributed by atoms with Crippen LogP contribution in [0.5, 0.6) is 0 Å². The molecule has 0 saturated carbocycles. The second-order valence-corrected chi connectivity index (χ2v) is 12.4. The third kappa shape index (κ3) is 3.26. The number of benzene rings is 1. The first-order valence-electron chi connectivity index (χ1n) is 7.80. The molecule has 0 saturated heterocycles. The lowest BCUT2D eigenvalue weighted by molar-refractivity contribution is -0.00623. The largest absolute Gasteiger partial charge is 0.410 e. The van der Waals surface area contributed by atoms with Gasteiger partial charge < -0.3 is 9.53 Å². The summed E-state index contributed by atoms with van der Waals surface area (Å²) in [4.78, 5) is 0. The predicted octanol–water partition coefficient (Wildman–Crippen LogP) is 4.99. The first-order chi connectivity index (χ1) is 10.0. The first-order valence-corrected chi connectivity index (χ1v) is 10.7. The molecule has 1 N–H and O–H groups in total. The van der Waals surface area contributed by atoms with Gasteiger partial charge in [0.1, 0.15) is 6.10 Å². The van der Waals surface area contributed by atoms with E-state index >= 15 is 0 Å². The van der Waals surface area contributed by atoms with Crippen molar-refractivity contribution in [3.63, 3.8) is 0 Å². The van der Waals surface area contributed by atoms with Crippen molar-refractivity contribution in [1.82, 2.24) is 0 Å². The van der Waals surface area contributed by atoms with Crippen LogP contribution < -0.4 is 0 Å². The zero-order valence-corrected chi connectivity index (χ0v) is 15.0. The van der Waals surface area contributed by atoms with Crippen molar-refractivity contribution in [2.75, 3.05) is 0 Å². The molecule has 1 aliphatic carbocycles. The second-order valence-electron chi connectivity index (χ2n) is 7.60. The van der Waals surface area contributed by atoms with Crippen molar-refractivity contribution >= 4 is 8.32 Å². The van der Waals surface area contributed by atoms with Gasteiger partial charge in [-0.05, 0) is 47.7 Å². The molecule has 2 atom stereocenters. The van der Waals surface area contributed by atoms with Gasteiger partial charge in [-0.15, -0.1) is 0 Å². The molecule has 0 radical (unpaired) electrons. The zero-order chi connectivity index (χ0) is 16.7. The van der Waals surface area contributed by atoms with E-state index in [4.69, 9.17) is 4.43 Å². The lowest BCUT2D eigenvalue weighted by Crippen LogP contribution is -2.41. The van der Waals surface area contributed by atoms with Crippen LogP contribution in [0.1, 0.15) is 56.1 Å². The highest BCUT2D eigenvalue weighted by Gasteiger charge is 2.41. The summed E-state index contributed by atoms with van der Waals surface area (Å²) in [6, 6.07) is 5.29. The van der Waals surface area contributed by atoms with Gasteiger partial charge in [0, 0.05) is 0 Å². The van der Waals surface area contributed by atoms with Crippen LogP contribution in [0.25, 0.3) is 0 Å². The summed E-state index contributed by atoms with van der Waals surface area (Å²) >= 11 is 0. The fourth-order valence-electron chi connectivity index (χ4n) is 2.71. The molecule has 0 bridgehead atoms. The molecule has 2 nitrogen and oxygen atoms in total. The Morgan fingerprint density at radius 2 is 1.91 bits per heavy atom. The predicted molar refractivity (Wildman–Crippen MR) is 86.7 cm³/mol. The monoisotopic (exact) mass is 328 g/mol. The highest BCUT2D eigenvalue weighted by atomic mass is 28.4. The summed E-state index contributed by atoms with van der Waals surface area (Å²) < 4.78 is 32.1. The van der Waals surface area contributed by atoms with Crippen molar-refractivity contribution in [3.8, 4) is 0 Å². The van der Waals surface area contributed by atoms with Crippen LogP contribution in [-0.4, -0.2) is 19.8 Å². The summed E-state index contributed by atoms with van der Waals surface area (Å²) in [5.41, 5.74) is 2.18. The van der Waals surface area contributed by atoms with Crippen LogP contribution in [-0.2, 0) is 10.8 Å². The minimum atomic E-state index is -2.76. The van der Waals surface area contributed by atoms with E-state index in [0.29, 0.717) is 12.0 Å². The highest BCUT2D eigenvalue weighted by Crippen LogP contribution is 2.45. The normalized spacial score (nSPS) is 20.3. The van der Waals surface area contributed by atoms with Gasteiger partial charge in [0.05, 0.1) is 6.10 Å². The minimum absolute atomic E-state index is 0.0410. The average Bonchev–Trinajstić information content (AvgIpc) is 2.79. The molecule has 1 aliphatic rings. The second kappa shape index (κ2) is 6.02. The number of rotatable bonds is 4. The first kappa shape index (κ1) is 17.6. The summed E-state index contributed by atoms with van der Waals surface area (Å²) in [7, 11) is -1.92. The Hall–Kier alpha value is -0.783. The smallest absolute Gasteiger partial charge is 0.268 e. The number of halogens is 2. The Kier molecular flexibility index (Phi) is 4.81. The van der Waals surface area contributed by atoms with Crippen molar-refractivity contribution in [1.29, 1.82) is 0 Å². The number of fused-ring (bicyclic) bond motifs is 1. The van der Waals surface area contributed by atoms with E-state index in [-0.39, 0.29) is 11.1 Å². The van der Waals surface area contributed by atoms with Crippen LogP contribution in [0, 0.1) is 0 Å². The SMILES string of the molecule is CC(C)(C)[Si](C)(C)OC1CCc2c1cccc2C(O)C(F)F. The standard InChI is InChI=1S/C17H26F2O2Si/c1-17(2,3)22(4,5)21-14-10-9-11-12(14)7-6-8-13(11)15(20)16(18)19/h6-8,14-16,20H,9-10H2,1-5H3. The number of aliphatic hydroxyl groups is 1. The van der Waals surface area contributed by atoms with Crippen LogP contribution in [0.4, 0.5) is 8.78 Å². The molecule has 0 aromatic heterocycles. The third-order valence-corrected chi connectivity index (χ3v) is 9.54. The Bertz CT molecular complexity index is 538. The van der Waals surface area contributed by atoms with E-state index in [2.05, 4.69) is 33.9 Å². The van der Waals surface area contributed by atoms with Gasteiger partial charge in [-0.1, -0.05) is 39.0 Å². The Morgan fingerprint density at radius 3 is 2.45 bits per heavy atom. The number of aliphatic hydroxyl groups excluding tert-OH is 1. The molecular weight excluding hydrogens is 302 g/mol. The molecule has 5 heteroatoms. The van der Waals surface area contributed by atoms with Gasteiger partial charge in [-0.2, -0.15) is 0 Å². The molecule has 2 unspecified atom stereocenters. The molecule has 0 spiro atoms. The van der Waals surface area contributed by atoms with Crippen molar-refractivity contribution in [2.24, 2.45) is 0 Å². The quantitative estimate of drug-likeness (QED) is 0.789. The van der Waals surface area contributed by atoms with Crippen LogP contribution in [0.3, 0.4) is 0 Å². The average molecular weight is 328 g/mol. The summed E-state index contributed by atoms with van der Waals surface area (Å²) in [6.45, 7) is 11.0. The maximum atomic E-state index is 12.8. The summed E-state index contributed by atoms with van der Waals surface area (Å²) in [6.07, 6.45) is -3.02. The van der Waals surface area contributed by atoms with Gasteiger partial charge in [0.15, 0.2) is 8.32 Å². The maximum absolute atomic E-state index is 12.8. The van der Waals surface area contributed by atoms with Gasteiger partial charge >= 0.3 is 0 Å². The maximum Gasteiger partial charge on any atom is 0.268 e. The van der Waals surface area contributed by atoms with Crippen molar-refractivity contribution < 1.29 is 18.3 Å². The van der Waals surface area contributed by atoms with Gasteiger partial charge in [0.2, 0.25) is 0 Å². The Morgan fingerprint density at radius 1 is 1.27 bits per heavy atom. The Labute approximate surface area is 132 Å². The molecular formula is C17H26F2O2Si. The van der Waals surface area contributed by atoms with E-state index < -0.39 is 20.8 Å². The van der Waals surface area contributed by atoms with Crippen molar-refractivity contribution in [3.05, 3.63) is 34.9 Å². The molecule has 22 heavy (non-hydrogen) atoms. The minimum Gasteiger partial charge on any atom is -0.410 e. The fourth-order valence-corrected chi connectivity index (χ4v) is 4.02. The van der Waals surface area contributed by atoms with E-state index in [9.17, 15) is 13.9 Å². The van der Waals surface area contributed by atoms with Gasteiger partial charge in [-0.3, -0.25) is 0 Å². The molecule has 0 heterocycles. The van der Waals surface area contributed by atoms with Crippen LogP contribution >= 0.6 is 0 Å². The number of alkyl halides is 2. The molecule has 1 aromatic carbocycles. The highest BCUT2D eigenvalue weighted by molar-refractivity contribution is 6.74. The summed E-state index contributed by atoms with van der Waals surface area (Å²) in [5, 5.41) is 9.83. The molecule has 0 amide bonds. The molecule has 124 valence electrons. The number of hydrogen-bond donors (Lipinski definition) is 1. The van der Waals surface area contributed by atoms with Gasteiger partial charge in [-0.25, -0.2) is 8.78 Å². The number of hydrogen-bond acceptors (Lipinski definition) is 2. The molecule has 0 fully saturated rings. The van der Waals surface area contributed by atoms with Crippen LogP contribution in [0.2, 0.25) is 18.1 Å². The molecule has 2 rings (SSSR count). The van der Waals surface area contributed by atoms with Gasteiger partial charge in [0.25, 0.3) is 6.43 Å². The van der Waals surface area contributed by atoms with E-state index in [1.54, 1.807) is 12.1 Å². The molecule has 1 aromatic rings. The van der Waals surface area contributed by atoms with E-state index in [0.717, 1.165) is 17.5 Å². The van der Waals surface area contributed by atoms with E-state index in [1.807, 2.05) is 6.07 Å². The summed E-state index contributed by atoms with van der Waals surface area (Å²) in [5.74, 6) is 0. The lowest BCUT2D eigenvalue weighted by Gasteiger charge is -2.38. The van der Waals surface area contributed by atoms with E-state index in [1.165, 1.54) is 0 Å². The third-order valence-electron chi connectivity index (χ3n) is 5.05. The van der Waals surface area contributed by atoms with Crippen molar-refractivity contribution in [2.45, 2.75) is 70.4 Å². The zero-order valence-electron chi connectivity index (χ0n) is 14.0.